The van der Waals surface area contributed by atoms with E-state index in [-0.39, 0.29) is 35.7 Å². The number of thioether (sulfide) groups is 1. The van der Waals surface area contributed by atoms with E-state index in [4.69, 9.17) is 11.6 Å². The first-order valence-corrected chi connectivity index (χ1v) is 23.2. The summed E-state index contributed by atoms with van der Waals surface area (Å²) in [5.74, 6) is 0.609. The maximum Gasteiger partial charge on any atom is 0.293 e. The standard InChI is InChI=1S/C45H49ClN8O6S2/c46-35-12-10-33(11-13-35)40-9-5-4-6-34(40)30-52-20-22-53(23-21-52)37-14-16-41-43(28-37)47-32-48-45(41)50-62(59,60)39-15-17-42(44(29-39)54(57)58)49-36(18-19-51(24-26-55)25-27-56)31-61-38-7-2-1-3-8-38/h1-17,28-29,32,36,49,55-56H,18-27,30-31H2,(H,47,48,50)/t36-/m1/s1. The van der Waals surface area contributed by atoms with Crippen LogP contribution in [-0.2, 0) is 16.6 Å². The Kier molecular flexibility index (Phi) is 15.3. The second kappa shape index (κ2) is 21.2. The first kappa shape index (κ1) is 44.7. The van der Waals surface area contributed by atoms with Crippen LogP contribution in [0.25, 0.3) is 22.0 Å². The van der Waals surface area contributed by atoms with E-state index in [1.165, 1.54) is 29.6 Å². The molecule has 2 heterocycles. The third kappa shape index (κ3) is 11.6. The molecule has 1 aliphatic rings. The Morgan fingerprint density at radius 1 is 0.855 bits per heavy atom. The number of hydrogen-bond donors (Lipinski definition) is 4. The van der Waals surface area contributed by atoms with E-state index < -0.39 is 20.6 Å². The van der Waals surface area contributed by atoms with Gasteiger partial charge in [0, 0.05) is 91.2 Å². The number of rotatable bonds is 20. The lowest BCUT2D eigenvalue weighted by Gasteiger charge is -2.36. The summed E-state index contributed by atoms with van der Waals surface area (Å²) in [5.41, 5.74) is 4.85. The Labute approximate surface area is 370 Å². The van der Waals surface area contributed by atoms with Gasteiger partial charge < -0.3 is 20.4 Å². The number of aliphatic hydroxyl groups is 2. The predicted octanol–water partition coefficient (Wildman–Crippen LogP) is 7.23. The van der Waals surface area contributed by atoms with E-state index in [0.717, 1.165) is 54.9 Å². The topological polar surface area (TPSA) is 177 Å². The highest BCUT2D eigenvalue weighted by Gasteiger charge is 2.25. The number of nitro benzene ring substituents is 1. The summed E-state index contributed by atoms with van der Waals surface area (Å²) >= 11 is 7.73. The Morgan fingerprint density at radius 2 is 1.58 bits per heavy atom. The van der Waals surface area contributed by atoms with E-state index in [2.05, 4.69) is 54.1 Å². The monoisotopic (exact) mass is 896 g/mol. The molecule has 324 valence electrons. The minimum absolute atomic E-state index is 0.0592. The van der Waals surface area contributed by atoms with Gasteiger partial charge in [0.05, 0.1) is 28.5 Å². The first-order chi connectivity index (χ1) is 30.1. The van der Waals surface area contributed by atoms with E-state index in [9.17, 15) is 28.7 Å². The van der Waals surface area contributed by atoms with Gasteiger partial charge in [-0.15, -0.1) is 11.8 Å². The fourth-order valence-corrected chi connectivity index (χ4v) is 9.69. The van der Waals surface area contributed by atoms with Crippen molar-refractivity contribution in [1.29, 1.82) is 0 Å². The van der Waals surface area contributed by atoms with E-state index >= 15 is 0 Å². The van der Waals surface area contributed by atoms with Gasteiger partial charge in [0.15, 0.2) is 5.82 Å². The van der Waals surface area contributed by atoms with Crippen molar-refractivity contribution in [2.24, 2.45) is 0 Å². The summed E-state index contributed by atoms with van der Waals surface area (Å²) in [6.45, 7) is 5.24. The molecular formula is C45H49ClN8O6S2. The van der Waals surface area contributed by atoms with Gasteiger partial charge in [-0.2, -0.15) is 0 Å². The average Bonchev–Trinajstić information content (AvgIpc) is 3.28. The largest absolute Gasteiger partial charge is 0.395 e. The van der Waals surface area contributed by atoms with Crippen LogP contribution in [0.5, 0.6) is 0 Å². The maximum atomic E-state index is 13.8. The van der Waals surface area contributed by atoms with Crippen molar-refractivity contribution in [3.63, 3.8) is 0 Å². The highest BCUT2D eigenvalue weighted by Crippen LogP contribution is 2.33. The van der Waals surface area contributed by atoms with Gasteiger partial charge in [-0.1, -0.05) is 66.2 Å². The van der Waals surface area contributed by atoms with Crippen molar-refractivity contribution in [2.45, 2.75) is 28.8 Å². The van der Waals surface area contributed by atoms with Crippen LogP contribution >= 0.6 is 23.4 Å². The number of fused-ring (bicyclic) bond motifs is 1. The minimum atomic E-state index is -4.32. The Bertz CT molecular complexity index is 2540. The molecule has 0 unspecified atom stereocenters. The molecule has 17 heteroatoms. The Morgan fingerprint density at radius 3 is 2.31 bits per heavy atom. The summed E-state index contributed by atoms with van der Waals surface area (Å²) in [7, 11) is -4.32. The fourth-order valence-electron chi connectivity index (χ4n) is 7.52. The third-order valence-electron chi connectivity index (χ3n) is 10.8. The average molecular weight is 898 g/mol. The molecule has 7 rings (SSSR count). The van der Waals surface area contributed by atoms with Crippen LogP contribution in [0.4, 0.5) is 22.9 Å². The smallest absolute Gasteiger partial charge is 0.293 e. The number of anilines is 3. The van der Waals surface area contributed by atoms with Gasteiger partial charge in [0.25, 0.3) is 15.7 Å². The molecule has 0 bridgehead atoms. The number of nitrogens with one attached hydrogen (secondary N) is 2. The quantitative estimate of drug-likeness (QED) is 0.0343. The molecule has 1 saturated heterocycles. The number of aliphatic hydroxyl groups excluding tert-OH is 2. The maximum absolute atomic E-state index is 13.8. The molecule has 1 atom stereocenters. The van der Waals surface area contributed by atoms with Crippen molar-refractivity contribution in [3.05, 3.63) is 142 Å². The number of benzene rings is 5. The molecule has 0 saturated carbocycles. The molecule has 0 spiro atoms. The molecular weight excluding hydrogens is 848 g/mol. The zero-order valence-electron chi connectivity index (χ0n) is 34.0. The Balaban J connectivity index is 1.03. The van der Waals surface area contributed by atoms with Crippen LogP contribution in [-0.4, -0.2) is 114 Å². The van der Waals surface area contributed by atoms with Crippen LogP contribution in [0.1, 0.15) is 12.0 Å². The molecule has 62 heavy (non-hydrogen) atoms. The van der Waals surface area contributed by atoms with Crippen LogP contribution in [0, 0.1) is 10.1 Å². The second-order valence-corrected chi connectivity index (χ2v) is 18.1. The summed E-state index contributed by atoms with van der Waals surface area (Å²) < 4.78 is 30.2. The number of nitrogens with zero attached hydrogens (tertiary/aromatic N) is 6. The molecule has 6 aromatic rings. The van der Waals surface area contributed by atoms with Gasteiger partial charge in [-0.3, -0.25) is 24.6 Å². The third-order valence-corrected chi connectivity index (χ3v) is 13.6. The lowest BCUT2D eigenvalue weighted by Crippen LogP contribution is -2.46. The number of piperazine rings is 1. The molecule has 1 aromatic heterocycles. The van der Waals surface area contributed by atoms with Crippen LogP contribution in [0.3, 0.4) is 0 Å². The van der Waals surface area contributed by atoms with Crippen LogP contribution in [0.2, 0.25) is 5.02 Å². The van der Waals surface area contributed by atoms with Crippen molar-refractivity contribution in [2.75, 3.05) is 79.7 Å². The molecule has 0 aliphatic carbocycles. The molecule has 0 amide bonds. The number of hydrogen-bond acceptors (Lipinski definition) is 13. The number of aromatic nitrogens is 2. The van der Waals surface area contributed by atoms with Crippen molar-refractivity contribution < 1.29 is 23.6 Å². The normalized spacial score (nSPS) is 14.0. The predicted molar refractivity (Wildman–Crippen MR) is 248 cm³/mol. The van der Waals surface area contributed by atoms with E-state index in [1.54, 1.807) is 17.8 Å². The molecule has 5 aromatic carbocycles. The lowest BCUT2D eigenvalue weighted by molar-refractivity contribution is -0.384. The second-order valence-electron chi connectivity index (χ2n) is 14.9. The van der Waals surface area contributed by atoms with E-state index in [0.29, 0.717) is 47.7 Å². The molecule has 1 fully saturated rings. The molecule has 4 N–H and O–H groups in total. The van der Waals surface area contributed by atoms with Crippen LogP contribution < -0.4 is 14.9 Å². The molecule has 14 nitrogen and oxygen atoms in total. The summed E-state index contributed by atoms with van der Waals surface area (Å²) in [4.78, 5) is 27.9. The van der Waals surface area contributed by atoms with Gasteiger partial charge in [-0.05, 0) is 77.7 Å². The lowest BCUT2D eigenvalue weighted by atomic mass is 9.99. The summed E-state index contributed by atoms with van der Waals surface area (Å²) in [6.07, 6.45) is 1.84. The molecule has 1 aliphatic heterocycles. The van der Waals surface area contributed by atoms with Gasteiger partial charge in [0.1, 0.15) is 12.0 Å². The van der Waals surface area contributed by atoms with Gasteiger partial charge in [0.2, 0.25) is 0 Å². The highest BCUT2D eigenvalue weighted by atomic mass is 35.5. The fraction of sp³-hybridized carbons (Fsp3) is 0.289. The van der Waals surface area contributed by atoms with Gasteiger partial charge in [-0.25, -0.2) is 18.4 Å². The van der Waals surface area contributed by atoms with Gasteiger partial charge >= 0.3 is 0 Å². The van der Waals surface area contributed by atoms with Crippen LogP contribution in [0.15, 0.2) is 131 Å². The SMILES string of the molecule is O=[N+]([O-])c1cc(S(=O)(=O)Nc2ncnc3cc(N4CCN(Cc5ccccc5-c5ccc(Cl)cc5)CC4)ccc23)ccc1N[C@H](CCN(CCO)CCO)CSc1ccccc1. The Hall–Kier alpha value is -5.33. The number of nitro groups is 1. The highest BCUT2D eigenvalue weighted by molar-refractivity contribution is 7.99. The van der Waals surface area contributed by atoms with E-state index in [1.807, 2.05) is 71.6 Å². The zero-order valence-corrected chi connectivity index (χ0v) is 36.4. The zero-order chi connectivity index (χ0) is 43.5. The molecule has 0 radical (unpaired) electrons. The van der Waals surface area contributed by atoms with Crippen molar-refractivity contribution in [3.8, 4) is 11.1 Å². The number of halogens is 1. The minimum Gasteiger partial charge on any atom is -0.395 e. The summed E-state index contributed by atoms with van der Waals surface area (Å²) in [6, 6.07) is 35.3. The van der Waals surface area contributed by atoms with Crippen molar-refractivity contribution >= 4 is 67.2 Å². The summed E-state index contributed by atoms with van der Waals surface area (Å²) in [5, 5.41) is 35.9. The number of sulfonamides is 1. The van der Waals surface area contributed by atoms with Crippen molar-refractivity contribution in [1.82, 2.24) is 19.8 Å². The first-order valence-electron chi connectivity index (χ1n) is 20.4.